The summed E-state index contributed by atoms with van der Waals surface area (Å²) in [5, 5.41) is 10.6. The summed E-state index contributed by atoms with van der Waals surface area (Å²) in [6.45, 7) is 0.169. The van der Waals surface area contributed by atoms with Crippen molar-refractivity contribution in [2.24, 2.45) is 7.05 Å². The number of non-ortho nitro benzene ring substituents is 1. The molecular formula is C12H13BrN3O3+. The molecule has 19 heavy (non-hydrogen) atoms. The largest absolute Gasteiger partial charge is 0.290 e. The Bertz CT molecular complexity index is 610. The third-order valence-corrected chi connectivity index (χ3v) is 2.53. The van der Waals surface area contributed by atoms with E-state index in [1.165, 1.54) is 18.2 Å². The lowest BCUT2D eigenvalue weighted by molar-refractivity contribution is -0.671. The van der Waals surface area contributed by atoms with Gasteiger partial charge in [-0.2, -0.15) is 0 Å². The number of carbonyl (C=O) groups excluding carboxylic acids is 1. The molecule has 1 aromatic heterocycles. The van der Waals surface area contributed by atoms with E-state index in [0.29, 0.717) is 5.56 Å². The molecule has 0 spiro atoms. The number of imidazole rings is 1. The summed E-state index contributed by atoms with van der Waals surface area (Å²) in [6.07, 6.45) is 5.37. The Morgan fingerprint density at radius 1 is 1.47 bits per heavy atom. The monoisotopic (exact) mass is 326 g/mol. The van der Waals surface area contributed by atoms with Crippen LogP contribution in [-0.2, 0) is 13.6 Å². The van der Waals surface area contributed by atoms with Gasteiger partial charge in [0.15, 0.2) is 6.54 Å². The minimum atomic E-state index is -0.508. The van der Waals surface area contributed by atoms with Crippen molar-refractivity contribution in [2.45, 2.75) is 6.54 Å². The fourth-order valence-electron chi connectivity index (χ4n) is 1.65. The minimum absolute atomic E-state index is 0. The van der Waals surface area contributed by atoms with Gasteiger partial charge in [0.1, 0.15) is 12.4 Å². The Labute approximate surface area is 120 Å². The Kier molecular flexibility index (Phi) is 4.94. The average molecular weight is 327 g/mol. The number of nitro groups is 1. The van der Waals surface area contributed by atoms with E-state index in [-0.39, 0.29) is 35.0 Å². The molecule has 2 aromatic rings. The number of carbonyl (C=O) groups is 1. The zero-order valence-electron chi connectivity index (χ0n) is 10.2. The first-order valence-electron chi connectivity index (χ1n) is 5.35. The molecule has 7 heteroatoms. The van der Waals surface area contributed by atoms with Crippen LogP contribution < -0.4 is 4.57 Å². The van der Waals surface area contributed by atoms with Crippen molar-refractivity contribution >= 4 is 28.5 Å². The van der Waals surface area contributed by atoms with Crippen LogP contribution in [0.3, 0.4) is 0 Å². The highest BCUT2D eigenvalue weighted by molar-refractivity contribution is 8.93. The molecule has 6 nitrogen and oxygen atoms in total. The van der Waals surface area contributed by atoms with Gasteiger partial charge in [-0.15, -0.1) is 17.0 Å². The van der Waals surface area contributed by atoms with E-state index in [9.17, 15) is 14.9 Å². The summed E-state index contributed by atoms with van der Waals surface area (Å²) in [5.41, 5.74) is 0.277. The van der Waals surface area contributed by atoms with Crippen LogP contribution in [0.4, 0.5) is 5.69 Å². The van der Waals surface area contributed by atoms with E-state index in [0.717, 1.165) is 0 Å². The maximum absolute atomic E-state index is 11.9. The lowest BCUT2D eigenvalue weighted by atomic mass is 10.1. The zero-order chi connectivity index (χ0) is 13.1. The first kappa shape index (κ1) is 15.0. The lowest BCUT2D eigenvalue weighted by Crippen LogP contribution is -2.24. The molecule has 0 saturated carbocycles. The van der Waals surface area contributed by atoms with Gasteiger partial charge < -0.3 is 0 Å². The molecule has 0 radical (unpaired) electrons. The maximum Gasteiger partial charge on any atom is 0.270 e. The Balaban J connectivity index is 0.00000180. The molecule has 0 unspecified atom stereocenters. The highest BCUT2D eigenvalue weighted by atomic mass is 79.9. The van der Waals surface area contributed by atoms with Gasteiger partial charge in [0, 0.05) is 17.7 Å². The number of benzene rings is 1. The van der Waals surface area contributed by atoms with Crippen molar-refractivity contribution in [1.29, 1.82) is 0 Å². The van der Waals surface area contributed by atoms with Gasteiger partial charge >= 0.3 is 0 Å². The molecule has 100 valence electrons. The van der Waals surface area contributed by atoms with Crippen molar-refractivity contribution in [2.75, 3.05) is 0 Å². The fourth-order valence-corrected chi connectivity index (χ4v) is 1.65. The highest BCUT2D eigenvalue weighted by Crippen LogP contribution is 2.13. The number of nitro benzene ring substituents is 1. The van der Waals surface area contributed by atoms with E-state index in [1.54, 1.807) is 23.2 Å². The summed E-state index contributed by atoms with van der Waals surface area (Å²) in [4.78, 5) is 22.1. The smallest absolute Gasteiger partial charge is 0.270 e. The number of Topliss-reactive ketones (excluding diaryl/α,β-unsaturated/α-hetero) is 1. The molecular weight excluding hydrogens is 314 g/mol. The molecule has 0 atom stereocenters. The third kappa shape index (κ3) is 3.72. The van der Waals surface area contributed by atoms with Gasteiger partial charge in [-0.25, -0.2) is 9.13 Å². The number of hydrogen-bond donors (Lipinski definition) is 0. The predicted octanol–water partition coefficient (Wildman–Crippen LogP) is 1.68. The van der Waals surface area contributed by atoms with Crippen LogP contribution in [0.25, 0.3) is 0 Å². The summed E-state index contributed by atoms with van der Waals surface area (Å²) in [7, 11) is 1.86. The normalized spacial score (nSPS) is 9.74. The van der Waals surface area contributed by atoms with Crippen LogP contribution in [-0.4, -0.2) is 15.3 Å². The van der Waals surface area contributed by atoms with Crippen molar-refractivity contribution < 1.29 is 14.3 Å². The Morgan fingerprint density at radius 3 is 2.79 bits per heavy atom. The predicted molar refractivity (Wildman–Crippen MR) is 73.4 cm³/mol. The van der Waals surface area contributed by atoms with Crippen molar-refractivity contribution in [3.05, 3.63) is 58.7 Å². The Morgan fingerprint density at radius 2 is 2.21 bits per heavy atom. The molecule has 0 N–H and O–H groups in total. The van der Waals surface area contributed by atoms with Crippen LogP contribution in [0.5, 0.6) is 0 Å². The number of halogens is 1. The van der Waals surface area contributed by atoms with E-state index in [4.69, 9.17) is 0 Å². The van der Waals surface area contributed by atoms with E-state index in [2.05, 4.69) is 0 Å². The van der Waals surface area contributed by atoms with Crippen LogP contribution >= 0.6 is 17.0 Å². The van der Waals surface area contributed by atoms with Crippen LogP contribution in [0.15, 0.2) is 43.0 Å². The number of aryl methyl sites for hydroxylation is 1. The third-order valence-electron chi connectivity index (χ3n) is 2.53. The van der Waals surface area contributed by atoms with Crippen LogP contribution in [0.1, 0.15) is 10.4 Å². The zero-order valence-corrected chi connectivity index (χ0v) is 11.9. The maximum atomic E-state index is 11.9. The molecule has 1 heterocycles. The van der Waals surface area contributed by atoms with Crippen molar-refractivity contribution in [3.8, 4) is 0 Å². The average Bonchev–Trinajstić information content (AvgIpc) is 2.75. The molecule has 0 saturated heterocycles. The second-order valence-electron chi connectivity index (χ2n) is 3.98. The second-order valence-corrected chi connectivity index (χ2v) is 3.98. The number of nitrogens with zero attached hydrogens (tertiary/aromatic N) is 3. The van der Waals surface area contributed by atoms with Gasteiger partial charge in [-0.1, -0.05) is 12.1 Å². The van der Waals surface area contributed by atoms with E-state index in [1.807, 2.05) is 17.8 Å². The lowest BCUT2D eigenvalue weighted by Gasteiger charge is -1.98. The summed E-state index contributed by atoms with van der Waals surface area (Å²) in [5.74, 6) is -0.157. The standard InChI is InChI=1S/C12H12N3O3.BrH/c1-13-5-6-14(9-13)8-12(16)10-3-2-4-11(7-10)15(17)18;/h2-7,9H,8H2,1H3;1H/q+1;. The highest BCUT2D eigenvalue weighted by Gasteiger charge is 2.14. The molecule has 0 bridgehead atoms. The topological polar surface area (TPSA) is 69.0 Å². The number of hydrogen-bond acceptors (Lipinski definition) is 3. The summed E-state index contributed by atoms with van der Waals surface area (Å²) < 4.78 is 3.54. The molecule has 0 fully saturated rings. The van der Waals surface area contributed by atoms with Crippen molar-refractivity contribution in [3.63, 3.8) is 0 Å². The molecule has 0 aliphatic rings. The quantitative estimate of drug-likeness (QED) is 0.371. The molecule has 2 rings (SSSR count). The molecule has 0 aliphatic carbocycles. The minimum Gasteiger partial charge on any atom is -0.290 e. The van der Waals surface area contributed by atoms with Gasteiger partial charge in [0.05, 0.1) is 12.0 Å². The first-order chi connectivity index (χ1) is 8.56. The summed E-state index contributed by atoms with van der Waals surface area (Å²) >= 11 is 0. The number of aromatic nitrogens is 2. The van der Waals surface area contributed by atoms with Gasteiger partial charge in [-0.05, 0) is 0 Å². The second kappa shape index (κ2) is 6.24. The fraction of sp³-hybridized carbons (Fsp3) is 0.167. The van der Waals surface area contributed by atoms with Crippen molar-refractivity contribution in [1.82, 2.24) is 4.57 Å². The van der Waals surface area contributed by atoms with Crippen LogP contribution in [0, 0.1) is 10.1 Å². The summed E-state index contributed by atoms with van der Waals surface area (Å²) in [6, 6.07) is 5.76. The van der Waals surface area contributed by atoms with E-state index >= 15 is 0 Å². The number of rotatable bonds is 4. The Hall–Kier alpha value is -2.02. The van der Waals surface area contributed by atoms with E-state index < -0.39 is 4.92 Å². The SMILES string of the molecule is Br.C[n+]1ccn(CC(=O)c2cccc([N+](=O)[O-])c2)c1. The van der Waals surface area contributed by atoms with Crippen LogP contribution in [0.2, 0.25) is 0 Å². The molecule has 0 aliphatic heterocycles. The first-order valence-corrected chi connectivity index (χ1v) is 5.35. The van der Waals surface area contributed by atoms with Gasteiger partial charge in [0.25, 0.3) is 5.69 Å². The van der Waals surface area contributed by atoms with Gasteiger partial charge in [0.2, 0.25) is 12.1 Å². The molecule has 0 amide bonds. The molecule has 1 aromatic carbocycles. The van der Waals surface area contributed by atoms with Gasteiger partial charge in [-0.3, -0.25) is 14.9 Å². The number of ketones is 1.